The number of nitrogens with two attached hydrogens (primary N) is 1. The number of aryl methyl sites for hydroxylation is 1. The van der Waals surface area contributed by atoms with Gasteiger partial charge in [0, 0.05) is 31.1 Å². The molecule has 1 atom stereocenters. The molecule has 0 amide bonds. The van der Waals surface area contributed by atoms with E-state index in [0.29, 0.717) is 13.2 Å². The van der Waals surface area contributed by atoms with Gasteiger partial charge in [0.25, 0.3) is 0 Å². The molecule has 1 aliphatic rings. The van der Waals surface area contributed by atoms with Crippen molar-refractivity contribution in [2.75, 3.05) is 26.9 Å². The van der Waals surface area contributed by atoms with Gasteiger partial charge in [-0.25, -0.2) is 0 Å². The standard InChI is InChI=1S/C14H24N2O2/c1-11-10-12-13(15)4-3-5-14(12)16(11)6-7-18-9-8-17-2/h10,13H,3-9,15H2,1-2H3. The molecule has 0 spiro atoms. The summed E-state index contributed by atoms with van der Waals surface area (Å²) in [4.78, 5) is 0. The predicted molar refractivity (Wildman–Crippen MR) is 71.7 cm³/mol. The highest BCUT2D eigenvalue weighted by molar-refractivity contribution is 5.32. The molecule has 2 N–H and O–H groups in total. The van der Waals surface area contributed by atoms with Crippen molar-refractivity contribution in [1.82, 2.24) is 4.57 Å². The molecule has 0 fully saturated rings. The molecule has 2 rings (SSSR count). The minimum Gasteiger partial charge on any atom is -0.382 e. The molecule has 0 aliphatic heterocycles. The Balaban J connectivity index is 1.96. The lowest BCUT2D eigenvalue weighted by atomic mass is 9.93. The van der Waals surface area contributed by atoms with Gasteiger partial charge in [-0.1, -0.05) is 0 Å². The summed E-state index contributed by atoms with van der Waals surface area (Å²) >= 11 is 0. The van der Waals surface area contributed by atoms with Gasteiger partial charge in [-0.2, -0.15) is 0 Å². The van der Waals surface area contributed by atoms with Crippen LogP contribution in [-0.2, 0) is 22.4 Å². The zero-order valence-corrected chi connectivity index (χ0v) is 11.4. The Kier molecular flexibility index (Phi) is 4.80. The SMILES string of the molecule is COCCOCCn1c(C)cc2c1CCCC2N. The van der Waals surface area contributed by atoms with E-state index in [-0.39, 0.29) is 6.04 Å². The maximum Gasteiger partial charge on any atom is 0.0701 e. The summed E-state index contributed by atoms with van der Waals surface area (Å²) in [6.45, 7) is 5.13. The molecule has 0 bridgehead atoms. The molecule has 0 saturated heterocycles. The van der Waals surface area contributed by atoms with Crippen LogP contribution < -0.4 is 5.73 Å². The minimum absolute atomic E-state index is 0.225. The molecule has 0 aromatic carbocycles. The third-order valence-corrected chi connectivity index (χ3v) is 3.67. The van der Waals surface area contributed by atoms with Crippen LogP contribution >= 0.6 is 0 Å². The first-order valence-corrected chi connectivity index (χ1v) is 6.75. The molecule has 102 valence electrons. The van der Waals surface area contributed by atoms with Gasteiger partial charge in [-0.15, -0.1) is 0 Å². The molecular weight excluding hydrogens is 228 g/mol. The Labute approximate surface area is 109 Å². The zero-order valence-electron chi connectivity index (χ0n) is 11.4. The molecular formula is C14H24N2O2. The van der Waals surface area contributed by atoms with Crippen molar-refractivity contribution in [2.45, 2.75) is 38.8 Å². The Bertz CT molecular complexity index is 387. The van der Waals surface area contributed by atoms with Gasteiger partial charge in [0.1, 0.15) is 0 Å². The second-order valence-corrected chi connectivity index (χ2v) is 4.94. The van der Waals surface area contributed by atoms with Gasteiger partial charge in [-0.3, -0.25) is 0 Å². The predicted octanol–water partition coefficient (Wildman–Crippen LogP) is 1.80. The number of methoxy groups -OCH3 is 1. The van der Waals surface area contributed by atoms with Crippen molar-refractivity contribution in [2.24, 2.45) is 5.73 Å². The van der Waals surface area contributed by atoms with Crippen LogP contribution in [0.25, 0.3) is 0 Å². The Morgan fingerprint density at radius 2 is 2.22 bits per heavy atom. The van der Waals surface area contributed by atoms with Crippen molar-refractivity contribution < 1.29 is 9.47 Å². The van der Waals surface area contributed by atoms with Crippen LogP contribution in [0.1, 0.15) is 35.8 Å². The van der Waals surface area contributed by atoms with E-state index in [9.17, 15) is 0 Å². The van der Waals surface area contributed by atoms with E-state index in [1.54, 1.807) is 7.11 Å². The van der Waals surface area contributed by atoms with Crippen LogP contribution in [0.2, 0.25) is 0 Å². The quantitative estimate of drug-likeness (QED) is 0.785. The van der Waals surface area contributed by atoms with Gasteiger partial charge in [0.05, 0.1) is 19.8 Å². The molecule has 1 aromatic rings. The number of hydrogen-bond donors (Lipinski definition) is 1. The van der Waals surface area contributed by atoms with Gasteiger partial charge < -0.3 is 19.8 Å². The summed E-state index contributed by atoms with van der Waals surface area (Å²) in [5.41, 5.74) is 10.2. The highest BCUT2D eigenvalue weighted by atomic mass is 16.5. The van der Waals surface area contributed by atoms with Gasteiger partial charge in [-0.05, 0) is 37.8 Å². The van der Waals surface area contributed by atoms with E-state index in [1.807, 2.05) is 0 Å². The van der Waals surface area contributed by atoms with Crippen LogP contribution in [0.4, 0.5) is 0 Å². The topological polar surface area (TPSA) is 49.4 Å². The van der Waals surface area contributed by atoms with Crippen LogP contribution in [-0.4, -0.2) is 31.5 Å². The monoisotopic (exact) mass is 252 g/mol. The zero-order chi connectivity index (χ0) is 13.0. The van der Waals surface area contributed by atoms with Gasteiger partial charge in [0.15, 0.2) is 0 Å². The second-order valence-electron chi connectivity index (χ2n) is 4.94. The van der Waals surface area contributed by atoms with Crippen LogP contribution in [0.15, 0.2) is 6.07 Å². The molecule has 0 radical (unpaired) electrons. The first kappa shape index (κ1) is 13.6. The molecule has 1 unspecified atom stereocenters. The van der Waals surface area contributed by atoms with Crippen molar-refractivity contribution in [3.8, 4) is 0 Å². The number of fused-ring (bicyclic) bond motifs is 1. The van der Waals surface area contributed by atoms with Crippen LogP contribution in [0, 0.1) is 6.92 Å². The number of nitrogens with zero attached hydrogens (tertiary/aromatic N) is 1. The van der Waals surface area contributed by atoms with Crippen molar-refractivity contribution in [3.05, 3.63) is 23.0 Å². The molecule has 4 heteroatoms. The van der Waals surface area contributed by atoms with Gasteiger partial charge >= 0.3 is 0 Å². The number of aromatic nitrogens is 1. The average Bonchev–Trinajstić information content (AvgIpc) is 2.68. The van der Waals surface area contributed by atoms with E-state index >= 15 is 0 Å². The number of rotatable bonds is 6. The normalized spacial score (nSPS) is 18.9. The highest BCUT2D eigenvalue weighted by Gasteiger charge is 2.21. The first-order valence-electron chi connectivity index (χ1n) is 6.75. The maximum atomic E-state index is 6.16. The van der Waals surface area contributed by atoms with Crippen molar-refractivity contribution in [3.63, 3.8) is 0 Å². The summed E-state index contributed by atoms with van der Waals surface area (Å²) in [6, 6.07) is 2.47. The lowest BCUT2D eigenvalue weighted by Gasteiger charge is -2.21. The Hall–Kier alpha value is -0.840. The summed E-state index contributed by atoms with van der Waals surface area (Å²) in [5, 5.41) is 0. The fraction of sp³-hybridized carbons (Fsp3) is 0.714. The lowest BCUT2D eigenvalue weighted by Crippen LogP contribution is -2.19. The van der Waals surface area contributed by atoms with E-state index < -0.39 is 0 Å². The van der Waals surface area contributed by atoms with E-state index in [4.69, 9.17) is 15.2 Å². The molecule has 1 aliphatic carbocycles. The summed E-state index contributed by atoms with van der Waals surface area (Å²) in [6.07, 6.45) is 3.46. The molecule has 0 saturated carbocycles. The van der Waals surface area contributed by atoms with E-state index in [1.165, 1.54) is 23.4 Å². The largest absolute Gasteiger partial charge is 0.382 e. The Morgan fingerprint density at radius 3 is 3.00 bits per heavy atom. The molecule has 1 heterocycles. The van der Waals surface area contributed by atoms with Crippen LogP contribution in [0.3, 0.4) is 0 Å². The minimum atomic E-state index is 0.225. The van der Waals surface area contributed by atoms with E-state index in [0.717, 1.165) is 26.0 Å². The lowest BCUT2D eigenvalue weighted by molar-refractivity contribution is 0.0661. The summed E-state index contributed by atoms with van der Waals surface area (Å²) in [7, 11) is 1.69. The van der Waals surface area contributed by atoms with E-state index in [2.05, 4.69) is 17.6 Å². The maximum absolute atomic E-state index is 6.16. The summed E-state index contributed by atoms with van der Waals surface area (Å²) in [5.74, 6) is 0. The smallest absolute Gasteiger partial charge is 0.0701 e. The number of hydrogen-bond acceptors (Lipinski definition) is 3. The number of ether oxygens (including phenoxy) is 2. The highest BCUT2D eigenvalue weighted by Crippen LogP contribution is 2.30. The second kappa shape index (κ2) is 6.36. The third kappa shape index (κ3) is 2.94. The third-order valence-electron chi connectivity index (χ3n) is 3.67. The van der Waals surface area contributed by atoms with Crippen molar-refractivity contribution >= 4 is 0 Å². The summed E-state index contributed by atoms with van der Waals surface area (Å²) < 4.78 is 12.9. The molecule has 4 nitrogen and oxygen atoms in total. The molecule has 18 heavy (non-hydrogen) atoms. The fourth-order valence-corrected chi connectivity index (χ4v) is 2.71. The van der Waals surface area contributed by atoms with Crippen molar-refractivity contribution in [1.29, 1.82) is 0 Å². The first-order chi connectivity index (χ1) is 8.74. The average molecular weight is 252 g/mol. The Morgan fingerprint density at radius 1 is 1.39 bits per heavy atom. The van der Waals surface area contributed by atoms with Crippen LogP contribution in [0.5, 0.6) is 0 Å². The fourth-order valence-electron chi connectivity index (χ4n) is 2.71. The molecule has 1 aromatic heterocycles. The van der Waals surface area contributed by atoms with Gasteiger partial charge in [0.2, 0.25) is 0 Å².